The van der Waals surface area contributed by atoms with Crippen molar-refractivity contribution in [3.05, 3.63) is 108 Å². The van der Waals surface area contributed by atoms with Crippen LogP contribution in [0.4, 0.5) is 5.69 Å². The van der Waals surface area contributed by atoms with Crippen LogP contribution in [0.25, 0.3) is 6.08 Å². The number of hydrogen-bond acceptors (Lipinski definition) is 6. The fourth-order valence-electron chi connectivity index (χ4n) is 2.76. The number of carboxylic acids is 1. The number of thioether (sulfide) groups is 1. The Hall–Kier alpha value is -3.43. The summed E-state index contributed by atoms with van der Waals surface area (Å²) in [4.78, 5) is 34.8. The van der Waals surface area contributed by atoms with Crippen molar-refractivity contribution in [3.63, 3.8) is 0 Å². The number of nitrogens with zero attached hydrogens (tertiary/aromatic N) is 1. The van der Waals surface area contributed by atoms with Crippen molar-refractivity contribution >= 4 is 51.2 Å². The summed E-state index contributed by atoms with van der Waals surface area (Å²) in [5, 5.41) is 29.9. The van der Waals surface area contributed by atoms with Crippen LogP contribution in [0.15, 0.2) is 76.1 Å². The molecule has 0 saturated heterocycles. The van der Waals surface area contributed by atoms with Gasteiger partial charge in [0.05, 0.1) is 15.4 Å². The van der Waals surface area contributed by atoms with E-state index in [0.29, 0.717) is 21.8 Å². The van der Waals surface area contributed by atoms with Gasteiger partial charge in [-0.05, 0) is 53.6 Å². The maximum absolute atomic E-state index is 13.2. The maximum Gasteiger partial charge on any atom is 0.335 e. The molecule has 0 amide bonds. The Balaban J connectivity index is 1.94. The van der Waals surface area contributed by atoms with Gasteiger partial charge in [0.1, 0.15) is 0 Å². The lowest BCUT2D eigenvalue weighted by molar-refractivity contribution is -0.385. The lowest BCUT2D eigenvalue weighted by atomic mass is 10.1. The largest absolute Gasteiger partial charge is 0.502 e. The summed E-state index contributed by atoms with van der Waals surface area (Å²) < 4.78 is 0.929. The van der Waals surface area contributed by atoms with Crippen molar-refractivity contribution in [2.75, 3.05) is 0 Å². The number of carbonyl (C=O) groups is 2. The zero-order valence-electron chi connectivity index (χ0n) is 16.4. The Morgan fingerprint density at radius 3 is 2.19 bits per heavy atom. The quantitative estimate of drug-likeness (QED) is 0.166. The van der Waals surface area contributed by atoms with Crippen LogP contribution in [0.3, 0.4) is 0 Å². The first-order valence-corrected chi connectivity index (χ1v) is 11.0. The smallest absolute Gasteiger partial charge is 0.335 e. The Morgan fingerprint density at radius 1 is 1.00 bits per heavy atom. The monoisotopic (exact) mass is 513 g/mol. The Labute approximate surface area is 195 Å². The molecule has 3 aromatic carbocycles. The van der Waals surface area contributed by atoms with Gasteiger partial charge in [0, 0.05) is 21.9 Å². The van der Waals surface area contributed by atoms with E-state index < -0.39 is 22.3 Å². The first-order chi connectivity index (χ1) is 15.2. The number of rotatable bonds is 8. The van der Waals surface area contributed by atoms with E-state index in [0.717, 1.165) is 10.0 Å². The van der Waals surface area contributed by atoms with Crippen LogP contribution in [0.1, 0.15) is 31.8 Å². The minimum Gasteiger partial charge on any atom is -0.502 e. The van der Waals surface area contributed by atoms with Gasteiger partial charge in [-0.3, -0.25) is 14.9 Å². The summed E-state index contributed by atoms with van der Waals surface area (Å²) in [6.07, 6.45) is 1.54. The van der Waals surface area contributed by atoms with Crippen molar-refractivity contribution in [3.8, 4) is 5.75 Å². The van der Waals surface area contributed by atoms with E-state index in [9.17, 15) is 24.8 Å². The van der Waals surface area contributed by atoms with Gasteiger partial charge in [0.25, 0.3) is 0 Å². The summed E-state index contributed by atoms with van der Waals surface area (Å²) in [5.74, 6) is -1.44. The maximum atomic E-state index is 13.2. The number of aromatic carboxylic acids is 1. The number of hydrogen-bond donors (Lipinski definition) is 2. The van der Waals surface area contributed by atoms with Gasteiger partial charge in [-0.1, -0.05) is 40.2 Å². The molecule has 3 rings (SSSR count). The number of phenolic OH excluding ortho intramolecular Hbond substituents is 1. The van der Waals surface area contributed by atoms with Crippen LogP contribution in [-0.2, 0) is 5.75 Å². The third-order valence-electron chi connectivity index (χ3n) is 4.42. The summed E-state index contributed by atoms with van der Waals surface area (Å²) in [5.41, 5.74) is 1.33. The van der Waals surface area contributed by atoms with E-state index in [-0.39, 0.29) is 11.3 Å². The molecular formula is C23H16BrNO6S. The van der Waals surface area contributed by atoms with E-state index in [4.69, 9.17) is 5.11 Å². The zero-order valence-corrected chi connectivity index (χ0v) is 18.8. The van der Waals surface area contributed by atoms with Crippen molar-refractivity contribution in [1.29, 1.82) is 0 Å². The predicted molar refractivity (Wildman–Crippen MR) is 126 cm³/mol. The van der Waals surface area contributed by atoms with Gasteiger partial charge in [-0.2, -0.15) is 0 Å². The number of benzene rings is 3. The number of allylic oxidation sites excluding steroid dienone is 1. The highest BCUT2D eigenvalue weighted by Gasteiger charge is 2.17. The van der Waals surface area contributed by atoms with E-state index in [1.807, 2.05) is 24.3 Å². The second kappa shape index (κ2) is 10.3. The fraction of sp³-hybridized carbons (Fsp3) is 0.0435. The lowest BCUT2D eigenvalue weighted by Gasteiger charge is -2.09. The topological polar surface area (TPSA) is 118 Å². The van der Waals surface area contributed by atoms with Crippen molar-refractivity contribution in [2.24, 2.45) is 0 Å². The van der Waals surface area contributed by atoms with Crippen LogP contribution in [0.5, 0.6) is 5.75 Å². The number of halogens is 1. The van der Waals surface area contributed by atoms with E-state index in [1.54, 1.807) is 6.08 Å². The molecule has 0 aromatic heterocycles. The minimum atomic E-state index is -1.09. The van der Waals surface area contributed by atoms with E-state index >= 15 is 0 Å². The molecule has 0 saturated carbocycles. The second-order valence-electron chi connectivity index (χ2n) is 6.64. The number of aromatic hydroxyl groups is 1. The molecule has 0 aliphatic carbocycles. The van der Waals surface area contributed by atoms with Gasteiger partial charge < -0.3 is 10.2 Å². The first-order valence-electron chi connectivity index (χ1n) is 9.19. The normalized spacial score (nSPS) is 11.2. The first kappa shape index (κ1) is 23.2. The van der Waals surface area contributed by atoms with Crippen LogP contribution in [0.2, 0.25) is 0 Å². The Bertz CT molecular complexity index is 1210. The van der Waals surface area contributed by atoms with Crippen molar-refractivity contribution < 1.29 is 24.7 Å². The lowest BCUT2D eigenvalue weighted by Crippen LogP contribution is -2.03. The van der Waals surface area contributed by atoms with E-state index in [1.165, 1.54) is 54.2 Å². The second-order valence-corrected chi connectivity index (χ2v) is 8.57. The predicted octanol–water partition coefficient (Wildman–Crippen LogP) is 5.92. The number of carboxylic acid groups (broad SMARTS) is 1. The molecule has 0 aliphatic rings. The zero-order chi connectivity index (χ0) is 23.3. The summed E-state index contributed by atoms with van der Waals surface area (Å²) in [7, 11) is 0. The standard InChI is InChI=1S/C23H16BrNO6S/c24-18-8-1-14(2-9-18)13-32-21(12-15-3-10-19(25(30)31)20(26)11-15)22(27)16-4-6-17(7-5-16)23(28)29/h1-12,26H,13H2,(H,28,29). The molecule has 0 atom stereocenters. The molecule has 0 unspecified atom stereocenters. The summed E-state index contributed by atoms with van der Waals surface area (Å²) in [6, 6.07) is 17.0. The third-order valence-corrected chi connectivity index (χ3v) is 6.04. The third kappa shape index (κ3) is 5.83. The Morgan fingerprint density at radius 2 is 1.62 bits per heavy atom. The van der Waals surface area contributed by atoms with Gasteiger partial charge in [-0.25, -0.2) is 4.79 Å². The molecule has 9 heteroatoms. The highest BCUT2D eigenvalue weighted by molar-refractivity contribution is 9.10. The van der Waals surface area contributed by atoms with Crippen LogP contribution in [0, 0.1) is 10.1 Å². The highest BCUT2D eigenvalue weighted by atomic mass is 79.9. The number of nitro benzene ring substituents is 1. The number of nitro groups is 1. The van der Waals surface area contributed by atoms with Crippen molar-refractivity contribution in [1.82, 2.24) is 0 Å². The van der Waals surface area contributed by atoms with Gasteiger partial charge in [0.2, 0.25) is 0 Å². The van der Waals surface area contributed by atoms with Gasteiger partial charge in [0.15, 0.2) is 11.5 Å². The number of ketones is 1. The van der Waals surface area contributed by atoms with Crippen LogP contribution < -0.4 is 0 Å². The molecule has 0 heterocycles. The number of phenols is 1. The molecule has 0 spiro atoms. The number of Topliss-reactive ketones (excluding diaryl/α,β-unsaturated/α-hetero) is 1. The van der Waals surface area contributed by atoms with Crippen LogP contribution >= 0.6 is 27.7 Å². The summed E-state index contributed by atoms with van der Waals surface area (Å²) >= 11 is 4.65. The molecule has 3 aromatic rings. The SMILES string of the molecule is O=C(O)c1ccc(C(=O)C(=Cc2ccc([N+](=O)[O-])c(O)c2)SCc2ccc(Br)cc2)cc1. The summed E-state index contributed by atoms with van der Waals surface area (Å²) in [6.45, 7) is 0. The minimum absolute atomic E-state index is 0.0647. The molecule has 0 aliphatic heterocycles. The molecule has 0 fully saturated rings. The molecule has 162 valence electrons. The molecule has 0 radical (unpaired) electrons. The molecule has 32 heavy (non-hydrogen) atoms. The van der Waals surface area contributed by atoms with Gasteiger partial charge >= 0.3 is 11.7 Å². The highest BCUT2D eigenvalue weighted by Crippen LogP contribution is 2.31. The molecular weight excluding hydrogens is 498 g/mol. The molecule has 2 N–H and O–H groups in total. The average Bonchev–Trinajstić information content (AvgIpc) is 2.77. The van der Waals surface area contributed by atoms with Crippen molar-refractivity contribution in [2.45, 2.75) is 5.75 Å². The molecule has 7 nitrogen and oxygen atoms in total. The van der Waals surface area contributed by atoms with Crippen LogP contribution in [-0.4, -0.2) is 26.9 Å². The fourth-order valence-corrected chi connectivity index (χ4v) is 4.00. The Kier molecular flexibility index (Phi) is 7.45. The van der Waals surface area contributed by atoms with E-state index in [2.05, 4.69) is 15.9 Å². The van der Waals surface area contributed by atoms with Gasteiger partial charge in [-0.15, -0.1) is 11.8 Å². The molecule has 0 bridgehead atoms. The number of carbonyl (C=O) groups excluding carboxylic acids is 1. The average molecular weight is 514 g/mol.